The number of ether oxygens (including phenoxy) is 4. The van der Waals surface area contributed by atoms with E-state index in [1.54, 1.807) is 6.92 Å². The molecule has 2 amide bonds. The van der Waals surface area contributed by atoms with E-state index < -0.39 is 34.2 Å². The van der Waals surface area contributed by atoms with E-state index in [9.17, 15) is 19.2 Å². The number of alkyl carbamates (subject to hydrolysis) is 2. The van der Waals surface area contributed by atoms with Crippen LogP contribution in [0.25, 0.3) is 0 Å². The molecule has 0 aromatic carbocycles. The largest absolute Gasteiger partial charge is 0.464 e. The van der Waals surface area contributed by atoms with E-state index in [1.165, 1.54) is 0 Å². The second-order valence-corrected chi connectivity index (χ2v) is 20.7. The van der Waals surface area contributed by atoms with Gasteiger partial charge in [-0.15, -0.1) is 0 Å². The molecule has 1 atom stereocenters. The monoisotopic (exact) mass is 606 g/mol. The highest BCUT2D eigenvalue weighted by Crippen LogP contribution is 2.24. The molecule has 0 fully saturated rings. The van der Waals surface area contributed by atoms with Crippen molar-refractivity contribution in [2.45, 2.75) is 98.6 Å². The quantitative estimate of drug-likeness (QED) is 0.0827. The average Bonchev–Trinajstić information content (AvgIpc) is 2.88. The fourth-order valence-corrected chi connectivity index (χ4v) is 12.3. The Morgan fingerprint density at radius 2 is 1.18 bits per heavy atom. The molecule has 11 nitrogen and oxygen atoms in total. The van der Waals surface area contributed by atoms with Crippen molar-refractivity contribution < 1.29 is 42.2 Å². The highest BCUT2D eigenvalue weighted by molar-refractivity contribution is 6.84. The predicted octanol–water partition coefficient (Wildman–Crippen LogP) is 5.21. The van der Waals surface area contributed by atoms with Crippen molar-refractivity contribution in [2.75, 3.05) is 39.5 Å². The van der Waals surface area contributed by atoms with Gasteiger partial charge in [-0.3, -0.25) is 9.59 Å². The molecule has 0 aromatic heterocycles. The highest BCUT2D eigenvalue weighted by Gasteiger charge is 2.32. The molecule has 13 heteroatoms. The van der Waals surface area contributed by atoms with Crippen LogP contribution in [-0.2, 0) is 32.7 Å². The molecule has 234 valence electrons. The molecule has 0 heterocycles. The van der Waals surface area contributed by atoms with Crippen molar-refractivity contribution in [3.63, 3.8) is 0 Å². The molecule has 0 radical (unpaired) electrons. The molecule has 1 unspecified atom stereocenters. The van der Waals surface area contributed by atoms with Crippen LogP contribution in [0, 0.1) is 11.3 Å². The summed E-state index contributed by atoms with van der Waals surface area (Å²) in [5.74, 6) is -0.698. The zero-order chi connectivity index (χ0) is 30.8. The number of nitrogens with one attached hydrogen (secondary N) is 2. The maximum Gasteiger partial charge on any atom is 0.407 e. The molecule has 0 spiro atoms. The smallest absolute Gasteiger partial charge is 0.407 e. The third-order valence-electron chi connectivity index (χ3n) is 6.54. The first-order chi connectivity index (χ1) is 18.5. The summed E-state index contributed by atoms with van der Waals surface area (Å²) in [4.78, 5) is 47.2. The zero-order valence-electron chi connectivity index (χ0n) is 26.2. The van der Waals surface area contributed by atoms with Gasteiger partial charge in [0.1, 0.15) is 13.2 Å². The minimum Gasteiger partial charge on any atom is -0.464 e. The Morgan fingerprint density at radius 1 is 0.725 bits per heavy atom. The van der Waals surface area contributed by atoms with Crippen LogP contribution in [0.15, 0.2) is 0 Å². The summed E-state index contributed by atoms with van der Waals surface area (Å²) in [6.45, 7) is 19.1. The normalized spacial score (nSPS) is 12.7. The van der Waals surface area contributed by atoms with Crippen molar-refractivity contribution in [3.8, 4) is 0 Å². The van der Waals surface area contributed by atoms with Crippen LogP contribution in [-0.4, -0.2) is 80.3 Å². The fraction of sp³-hybridized carbons (Fsp3) is 0.852. The predicted molar refractivity (Wildman–Crippen MR) is 159 cm³/mol. The van der Waals surface area contributed by atoms with Crippen molar-refractivity contribution in [1.82, 2.24) is 10.6 Å². The van der Waals surface area contributed by atoms with E-state index in [1.807, 2.05) is 27.7 Å². The van der Waals surface area contributed by atoms with E-state index in [0.717, 1.165) is 12.1 Å². The lowest BCUT2D eigenvalue weighted by atomic mass is 9.91. The Bertz CT molecular complexity index is 792. The summed E-state index contributed by atoms with van der Waals surface area (Å²) in [7, 11) is -3.94. The van der Waals surface area contributed by atoms with Gasteiger partial charge in [-0.25, -0.2) is 9.59 Å². The SMILES string of the molecule is CCC(C)C(=O)OCCNC(=O)OCCC[Si](C)(C)O[Si](C)(C)CCCOC(=O)NCCOC(=O)C(C)(C)CC. The Hall–Kier alpha value is -2.13. The summed E-state index contributed by atoms with van der Waals surface area (Å²) in [5, 5.41) is 5.18. The second kappa shape index (κ2) is 19.1. The van der Waals surface area contributed by atoms with Gasteiger partial charge in [0, 0.05) is 0 Å². The number of hydrogen-bond donors (Lipinski definition) is 2. The molecular weight excluding hydrogens is 552 g/mol. The first-order valence-corrected chi connectivity index (χ1v) is 20.6. The van der Waals surface area contributed by atoms with Crippen LogP contribution in [0.2, 0.25) is 38.3 Å². The lowest BCUT2D eigenvalue weighted by Gasteiger charge is -2.34. The summed E-state index contributed by atoms with van der Waals surface area (Å²) in [6, 6.07) is 1.70. The van der Waals surface area contributed by atoms with E-state index in [0.29, 0.717) is 32.3 Å². The Labute approximate surface area is 243 Å². The standard InChI is InChI=1S/C27H54N2O9Si2/c1-10-22(3)23(30)34-18-14-28-25(32)36-16-12-20-39(6,7)38-40(8,9)21-13-17-37-26(33)29-15-19-35-24(31)27(4,5)11-2/h22H,10-21H2,1-9H3,(H,28,32)(H,29,33). The Balaban J connectivity index is 4.04. The number of hydrogen-bond acceptors (Lipinski definition) is 9. The van der Waals surface area contributed by atoms with Crippen LogP contribution >= 0.6 is 0 Å². The van der Waals surface area contributed by atoms with Crippen molar-refractivity contribution >= 4 is 40.8 Å². The van der Waals surface area contributed by atoms with Crippen LogP contribution in [0.4, 0.5) is 9.59 Å². The zero-order valence-corrected chi connectivity index (χ0v) is 28.2. The Morgan fingerprint density at radius 3 is 1.60 bits per heavy atom. The van der Waals surface area contributed by atoms with E-state index in [2.05, 4.69) is 36.8 Å². The molecule has 0 aliphatic carbocycles. The van der Waals surface area contributed by atoms with Gasteiger partial charge in [0.25, 0.3) is 0 Å². The van der Waals surface area contributed by atoms with Gasteiger partial charge >= 0.3 is 24.1 Å². The molecule has 2 N–H and O–H groups in total. The number of carbonyl (C=O) groups is 4. The highest BCUT2D eigenvalue weighted by atomic mass is 28.4. The molecule has 40 heavy (non-hydrogen) atoms. The van der Waals surface area contributed by atoms with Gasteiger partial charge < -0.3 is 33.7 Å². The van der Waals surface area contributed by atoms with E-state index in [-0.39, 0.29) is 50.8 Å². The van der Waals surface area contributed by atoms with Crippen LogP contribution in [0.1, 0.15) is 60.3 Å². The lowest BCUT2D eigenvalue weighted by molar-refractivity contribution is -0.154. The van der Waals surface area contributed by atoms with Gasteiger partial charge in [0.15, 0.2) is 16.6 Å². The third kappa shape index (κ3) is 18.3. The molecule has 0 saturated heterocycles. The second-order valence-electron chi connectivity index (χ2n) is 11.8. The topological polar surface area (TPSA) is 138 Å². The molecule has 0 bridgehead atoms. The summed E-state index contributed by atoms with van der Waals surface area (Å²) in [6.07, 6.45) is 1.74. The summed E-state index contributed by atoms with van der Waals surface area (Å²) >= 11 is 0. The lowest BCUT2D eigenvalue weighted by Crippen LogP contribution is -2.44. The average molecular weight is 607 g/mol. The van der Waals surface area contributed by atoms with Crippen LogP contribution in [0.5, 0.6) is 0 Å². The number of esters is 2. The molecule has 0 aliphatic heterocycles. The van der Waals surface area contributed by atoms with Gasteiger partial charge in [-0.1, -0.05) is 20.8 Å². The van der Waals surface area contributed by atoms with Crippen LogP contribution < -0.4 is 10.6 Å². The molecule has 0 aromatic rings. The molecule has 0 saturated carbocycles. The van der Waals surface area contributed by atoms with Crippen molar-refractivity contribution in [3.05, 3.63) is 0 Å². The fourth-order valence-electron chi connectivity index (χ4n) is 3.53. The minimum atomic E-state index is -1.97. The first-order valence-electron chi connectivity index (χ1n) is 14.4. The van der Waals surface area contributed by atoms with Crippen LogP contribution in [0.3, 0.4) is 0 Å². The van der Waals surface area contributed by atoms with E-state index in [4.69, 9.17) is 23.1 Å². The molecule has 0 rings (SSSR count). The van der Waals surface area contributed by atoms with Crippen molar-refractivity contribution in [2.24, 2.45) is 11.3 Å². The Kier molecular flexibility index (Phi) is 18.1. The minimum absolute atomic E-state index is 0.107. The summed E-state index contributed by atoms with van der Waals surface area (Å²) < 4.78 is 27.3. The van der Waals surface area contributed by atoms with Gasteiger partial charge in [-0.2, -0.15) is 0 Å². The third-order valence-corrected chi connectivity index (χ3v) is 14.1. The maximum absolute atomic E-state index is 11.9. The number of amides is 2. The first kappa shape index (κ1) is 37.9. The van der Waals surface area contributed by atoms with Gasteiger partial charge in [-0.05, 0) is 77.8 Å². The summed E-state index contributed by atoms with van der Waals surface area (Å²) in [5.41, 5.74) is -0.534. The molecular formula is C27H54N2O9Si2. The van der Waals surface area contributed by atoms with E-state index >= 15 is 0 Å². The van der Waals surface area contributed by atoms with Crippen molar-refractivity contribution in [1.29, 1.82) is 0 Å². The van der Waals surface area contributed by atoms with Gasteiger partial charge in [0.05, 0.1) is 37.6 Å². The maximum atomic E-state index is 11.9. The van der Waals surface area contributed by atoms with Gasteiger partial charge in [0.2, 0.25) is 0 Å². The number of rotatable bonds is 20. The number of carbonyl (C=O) groups excluding carboxylic acids is 4. The molecule has 0 aliphatic rings.